The summed E-state index contributed by atoms with van der Waals surface area (Å²) >= 11 is 0. The van der Waals surface area contributed by atoms with Crippen LogP contribution in [0.2, 0.25) is 0 Å². The Morgan fingerprint density at radius 3 is 2.92 bits per heavy atom. The first-order valence-corrected chi connectivity index (χ1v) is 9.00. The molecule has 7 heteroatoms. The molecule has 1 saturated carbocycles. The smallest absolute Gasteiger partial charge is 0.228 e. The number of hydrogen-bond acceptors (Lipinski definition) is 4. The first-order chi connectivity index (χ1) is 12.7. The van der Waals surface area contributed by atoms with Crippen LogP contribution in [0.4, 0.5) is 5.82 Å². The third-order valence-corrected chi connectivity index (χ3v) is 4.63. The van der Waals surface area contributed by atoms with E-state index in [1.807, 2.05) is 19.2 Å². The average Bonchev–Trinajstić information content (AvgIpc) is 3.19. The lowest BCUT2D eigenvalue weighted by molar-refractivity contribution is -0.117. The van der Waals surface area contributed by atoms with E-state index in [0.29, 0.717) is 5.82 Å². The fourth-order valence-electron chi connectivity index (χ4n) is 3.09. The number of anilines is 1. The molecule has 2 N–H and O–H groups in total. The van der Waals surface area contributed by atoms with Gasteiger partial charge in [-0.05, 0) is 49.4 Å². The molecule has 1 aliphatic rings. The van der Waals surface area contributed by atoms with E-state index in [9.17, 15) is 4.79 Å². The van der Waals surface area contributed by atoms with E-state index < -0.39 is 0 Å². The van der Waals surface area contributed by atoms with E-state index in [1.165, 1.54) is 0 Å². The highest BCUT2D eigenvalue weighted by Crippen LogP contribution is 2.32. The number of nitrogens with zero attached hydrogens (tertiary/aromatic N) is 4. The summed E-state index contributed by atoms with van der Waals surface area (Å²) in [4.78, 5) is 19.5. The van der Waals surface area contributed by atoms with Gasteiger partial charge >= 0.3 is 0 Å². The van der Waals surface area contributed by atoms with E-state index in [1.54, 1.807) is 6.33 Å². The van der Waals surface area contributed by atoms with Gasteiger partial charge in [0.25, 0.3) is 0 Å². The Morgan fingerprint density at radius 2 is 2.23 bits per heavy atom. The number of H-pyrrole nitrogens is 1. The summed E-state index contributed by atoms with van der Waals surface area (Å²) in [6, 6.07) is 4.05. The van der Waals surface area contributed by atoms with E-state index >= 15 is 0 Å². The molecule has 7 nitrogen and oxygen atoms in total. The summed E-state index contributed by atoms with van der Waals surface area (Å²) in [7, 11) is 0. The van der Waals surface area contributed by atoms with Crippen molar-refractivity contribution in [2.24, 2.45) is 5.92 Å². The van der Waals surface area contributed by atoms with E-state index in [2.05, 4.69) is 49.2 Å². The Hall–Kier alpha value is -2.96. The van der Waals surface area contributed by atoms with Crippen LogP contribution in [0.1, 0.15) is 31.7 Å². The summed E-state index contributed by atoms with van der Waals surface area (Å²) in [6.45, 7) is 5.07. The highest BCUT2D eigenvalue weighted by atomic mass is 16.2. The Balaban J connectivity index is 1.70. The lowest BCUT2D eigenvalue weighted by atomic mass is 10.1. The predicted octanol–water partition coefficient (Wildman–Crippen LogP) is 3.40. The Bertz CT molecular complexity index is 924. The van der Waals surface area contributed by atoms with Gasteiger partial charge in [-0.2, -0.15) is 0 Å². The second kappa shape index (κ2) is 6.74. The summed E-state index contributed by atoms with van der Waals surface area (Å²) in [5.74, 6) is 1.58. The second-order valence-corrected chi connectivity index (χ2v) is 6.79. The molecular formula is C19H22N6O. The van der Waals surface area contributed by atoms with Gasteiger partial charge in [-0.15, -0.1) is 10.2 Å². The van der Waals surface area contributed by atoms with Gasteiger partial charge in [-0.3, -0.25) is 4.79 Å². The Morgan fingerprint density at radius 1 is 1.38 bits per heavy atom. The second-order valence-electron chi connectivity index (χ2n) is 6.79. The van der Waals surface area contributed by atoms with Gasteiger partial charge in [0.2, 0.25) is 5.91 Å². The molecule has 1 fully saturated rings. The van der Waals surface area contributed by atoms with Crippen LogP contribution in [0.25, 0.3) is 22.6 Å². The molecule has 0 spiro atoms. The van der Waals surface area contributed by atoms with Crippen LogP contribution in [0.3, 0.4) is 0 Å². The zero-order valence-electron chi connectivity index (χ0n) is 15.0. The number of nitrogens with one attached hydrogen (secondary N) is 2. The molecule has 4 rings (SSSR count). The van der Waals surface area contributed by atoms with Crippen molar-refractivity contribution in [1.29, 1.82) is 0 Å². The molecule has 0 radical (unpaired) electrons. The number of pyridine rings is 1. The van der Waals surface area contributed by atoms with Crippen LogP contribution >= 0.6 is 0 Å². The molecule has 0 atom stereocenters. The molecule has 0 aliphatic heterocycles. The number of aryl methyl sites for hydroxylation is 2. The molecule has 3 aromatic rings. The maximum absolute atomic E-state index is 12.0. The molecular weight excluding hydrogens is 328 g/mol. The molecule has 1 amide bonds. The summed E-state index contributed by atoms with van der Waals surface area (Å²) in [6.07, 6.45) is 8.49. The van der Waals surface area contributed by atoms with Gasteiger partial charge < -0.3 is 14.9 Å². The number of aromatic amines is 1. The van der Waals surface area contributed by atoms with Crippen LogP contribution in [0.15, 0.2) is 30.9 Å². The maximum atomic E-state index is 12.0. The first kappa shape index (κ1) is 16.5. The number of carbonyl (C=O) groups is 1. The fourth-order valence-corrected chi connectivity index (χ4v) is 3.09. The van der Waals surface area contributed by atoms with Crippen molar-refractivity contribution in [2.75, 3.05) is 5.32 Å². The van der Waals surface area contributed by atoms with Gasteiger partial charge in [-0.1, -0.05) is 6.92 Å². The first-order valence-electron chi connectivity index (χ1n) is 9.00. The van der Waals surface area contributed by atoms with E-state index in [-0.39, 0.29) is 11.8 Å². The van der Waals surface area contributed by atoms with E-state index in [0.717, 1.165) is 54.0 Å². The fraction of sp³-hybridized carbons (Fsp3) is 0.368. The van der Waals surface area contributed by atoms with Crippen molar-refractivity contribution in [3.8, 4) is 22.6 Å². The summed E-state index contributed by atoms with van der Waals surface area (Å²) in [5.41, 5.74) is 4.19. The van der Waals surface area contributed by atoms with Crippen LogP contribution < -0.4 is 5.32 Å². The van der Waals surface area contributed by atoms with Gasteiger partial charge in [0.15, 0.2) is 5.82 Å². The predicted molar refractivity (Wildman–Crippen MR) is 99.4 cm³/mol. The van der Waals surface area contributed by atoms with Crippen LogP contribution in [-0.4, -0.2) is 30.6 Å². The zero-order chi connectivity index (χ0) is 18.1. The third-order valence-electron chi connectivity index (χ3n) is 4.63. The lowest BCUT2D eigenvalue weighted by Crippen LogP contribution is -2.14. The number of amides is 1. The van der Waals surface area contributed by atoms with Crippen LogP contribution in [-0.2, 0) is 11.3 Å². The van der Waals surface area contributed by atoms with Crippen molar-refractivity contribution in [1.82, 2.24) is 24.7 Å². The van der Waals surface area contributed by atoms with Crippen molar-refractivity contribution in [2.45, 2.75) is 39.7 Å². The van der Waals surface area contributed by atoms with Crippen LogP contribution in [0, 0.1) is 12.8 Å². The van der Waals surface area contributed by atoms with Gasteiger partial charge in [0, 0.05) is 30.4 Å². The Kier molecular flexibility index (Phi) is 4.28. The van der Waals surface area contributed by atoms with Crippen LogP contribution in [0.5, 0.6) is 0 Å². The average molecular weight is 350 g/mol. The van der Waals surface area contributed by atoms with E-state index in [4.69, 9.17) is 0 Å². The minimum atomic E-state index is 0.0678. The van der Waals surface area contributed by atoms with Crippen molar-refractivity contribution in [3.63, 3.8) is 0 Å². The highest BCUT2D eigenvalue weighted by molar-refractivity contribution is 5.93. The highest BCUT2D eigenvalue weighted by Gasteiger charge is 2.29. The molecule has 0 aromatic carbocycles. The van der Waals surface area contributed by atoms with Crippen molar-refractivity contribution in [3.05, 3.63) is 36.4 Å². The number of carbonyl (C=O) groups excluding carboxylic acids is 1. The lowest BCUT2D eigenvalue weighted by Gasteiger charge is -2.08. The minimum Gasteiger partial charge on any atom is -0.344 e. The Labute approximate surface area is 151 Å². The monoisotopic (exact) mass is 350 g/mol. The van der Waals surface area contributed by atoms with Crippen molar-refractivity contribution >= 4 is 11.7 Å². The molecule has 0 bridgehead atoms. The number of aromatic nitrogens is 5. The zero-order valence-corrected chi connectivity index (χ0v) is 15.0. The standard InChI is InChI=1S/C19H22N6O/c1-3-6-25-10-14(7-16(25)18-21-11-22-24-18)15-8-17(20-9-12(15)2)23-19(26)13-4-5-13/h7-11,13H,3-6H2,1-2H3,(H,20,23,26)(H,21,22,24). The van der Waals surface area contributed by atoms with Gasteiger partial charge in [0.05, 0.1) is 5.69 Å². The molecule has 134 valence electrons. The summed E-state index contributed by atoms with van der Waals surface area (Å²) < 4.78 is 2.18. The topological polar surface area (TPSA) is 88.5 Å². The van der Waals surface area contributed by atoms with Crippen molar-refractivity contribution < 1.29 is 4.79 Å². The molecule has 1 aliphatic carbocycles. The quantitative estimate of drug-likeness (QED) is 0.713. The van der Waals surface area contributed by atoms with Gasteiger partial charge in [-0.25, -0.2) is 4.98 Å². The molecule has 0 saturated heterocycles. The number of rotatable bonds is 6. The summed E-state index contributed by atoms with van der Waals surface area (Å²) in [5, 5.41) is 11.0. The maximum Gasteiger partial charge on any atom is 0.228 e. The largest absolute Gasteiger partial charge is 0.344 e. The minimum absolute atomic E-state index is 0.0678. The molecule has 3 heterocycles. The molecule has 3 aromatic heterocycles. The normalized spacial score (nSPS) is 13.8. The molecule has 26 heavy (non-hydrogen) atoms. The molecule has 0 unspecified atom stereocenters. The third kappa shape index (κ3) is 3.24. The number of hydrogen-bond donors (Lipinski definition) is 2. The SMILES string of the molecule is CCCn1cc(-c2cc(NC(=O)C3CC3)ncc2C)cc1-c1nnc[nH]1. The van der Waals surface area contributed by atoms with Gasteiger partial charge in [0.1, 0.15) is 12.1 Å².